The molecule has 1 aliphatic rings. The van der Waals surface area contributed by atoms with Crippen molar-refractivity contribution in [3.63, 3.8) is 0 Å². The number of likely N-dealkylation sites (tertiary alicyclic amines) is 1. The molecule has 1 atom stereocenters. The maximum Gasteiger partial charge on any atom is 0.330 e. The summed E-state index contributed by atoms with van der Waals surface area (Å²) >= 11 is 0. The zero-order chi connectivity index (χ0) is 16.4. The predicted octanol–water partition coefficient (Wildman–Crippen LogP) is 1.58. The van der Waals surface area contributed by atoms with E-state index in [9.17, 15) is 5.11 Å². The number of nitrogens with zero attached hydrogens (tertiary/aromatic N) is 1. The molecule has 0 bridgehead atoms. The molecule has 1 radical (unpaired) electrons. The molecule has 0 spiro atoms. The monoisotopic (exact) mass is 304 g/mol. The molecule has 5 heteroatoms. The van der Waals surface area contributed by atoms with Crippen molar-refractivity contribution in [3.8, 4) is 5.75 Å². The maximum absolute atomic E-state index is 10.1. The van der Waals surface area contributed by atoms with E-state index in [1.165, 1.54) is 0 Å². The lowest BCUT2D eigenvalue weighted by Crippen LogP contribution is -2.49. The van der Waals surface area contributed by atoms with Crippen molar-refractivity contribution in [3.05, 3.63) is 24.3 Å². The van der Waals surface area contributed by atoms with Crippen molar-refractivity contribution in [2.75, 3.05) is 20.1 Å². The van der Waals surface area contributed by atoms with Crippen LogP contribution in [0.15, 0.2) is 24.3 Å². The fraction of sp³-hybridized carbons (Fsp3) is 0.647. The molecule has 1 N–H and O–H groups in total. The van der Waals surface area contributed by atoms with Crippen LogP contribution in [0.5, 0.6) is 5.75 Å². The average molecular weight is 304 g/mol. The SMILES string of the molecule is CN1CC[C@H](Oc2ccc([B]OC(C)(C)C(C)(C)O)cc2)C1. The quantitative estimate of drug-likeness (QED) is 0.810. The van der Waals surface area contributed by atoms with Crippen LogP contribution in [0, 0.1) is 0 Å². The predicted molar refractivity (Wildman–Crippen MR) is 89.8 cm³/mol. The van der Waals surface area contributed by atoms with Crippen LogP contribution in [0.3, 0.4) is 0 Å². The lowest BCUT2D eigenvalue weighted by atomic mass is 9.82. The maximum atomic E-state index is 10.1. The summed E-state index contributed by atoms with van der Waals surface area (Å²) in [5.41, 5.74) is -0.620. The summed E-state index contributed by atoms with van der Waals surface area (Å²) in [6, 6.07) is 7.86. The Balaban J connectivity index is 1.87. The number of ether oxygens (including phenoxy) is 1. The van der Waals surface area contributed by atoms with E-state index in [0.29, 0.717) is 0 Å². The Labute approximate surface area is 134 Å². The molecule has 1 aliphatic heterocycles. The largest absolute Gasteiger partial charge is 0.489 e. The van der Waals surface area contributed by atoms with Crippen molar-refractivity contribution < 1.29 is 14.5 Å². The molecule has 0 aliphatic carbocycles. The van der Waals surface area contributed by atoms with Crippen molar-refractivity contribution >= 4 is 12.9 Å². The molecule has 0 amide bonds. The Morgan fingerprint density at radius 3 is 2.32 bits per heavy atom. The van der Waals surface area contributed by atoms with Crippen LogP contribution in [0.25, 0.3) is 0 Å². The van der Waals surface area contributed by atoms with Crippen molar-refractivity contribution in [2.24, 2.45) is 0 Å². The van der Waals surface area contributed by atoms with Crippen LogP contribution in [-0.2, 0) is 4.65 Å². The van der Waals surface area contributed by atoms with Gasteiger partial charge in [-0.15, -0.1) is 0 Å². The Bertz CT molecular complexity index is 482. The van der Waals surface area contributed by atoms with E-state index in [-0.39, 0.29) is 6.10 Å². The summed E-state index contributed by atoms with van der Waals surface area (Å²) in [7, 11) is 3.80. The summed E-state index contributed by atoms with van der Waals surface area (Å²) in [5.74, 6) is 0.888. The normalized spacial score (nSPS) is 20.2. The zero-order valence-corrected chi connectivity index (χ0v) is 14.3. The van der Waals surface area contributed by atoms with Gasteiger partial charge < -0.3 is 19.4 Å². The molecule has 121 valence electrons. The molecule has 1 aromatic rings. The fourth-order valence-electron chi connectivity index (χ4n) is 2.17. The van der Waals surface area contributed by atoms with Gasteiger partial charge in [0.15, 0.2) is 0 Å². The van der Waals surface area contributed by atoms with E-state index >= 15 is 0 Å². The summed E-state index contributed by atoms with van der Waals surface area (Å²) < 4.78 is 11.7. The van der Waals surface area contributed by atoms with E-state index in [1.807, 2.05) is 38.1 Å². The average Bonchev–Trinajstić information content (AvgIpc) is 2.82. The van der Waals surface area contributed by atoms with Gasteiger partial charge in [-0.25, -0.2) is 0 Å². The first kappa shape index (κ1) is 17.3. The number of rotatable bonds is 6. The van der Waals surface area contributed by atoms with Gasteiger partial charge in [-0.3, -0.25) is 0 Å². The van der Waals surface area contributed by atoms with Crippen molar-refractivity contribution in [2.45, 2.75) is 51.4 Å². The second-order valence-corrected chi connectivity index (χ2v) is 7.16. The Morgan fingerprint density at radius 1 is 1.18 bits per heavy atom. The van der Waals surface area contributed by atoms with Gasteiger partial charge in [-0.2, -0.15) is 0 Å². The zero-order valence-electron chi connectivity index (χ0n) is 14.3. The highest BCUT2D eigenvalue weighted by Crippen LogP contribution is 2.24. The van der Waals surface area contributed by atoms with Gasteiger partial charge in [0.05, 0.1) is 11.2 Å². The van der Waals surface area contributed by atoms with Crippen LogP contribution >= 0.6 is 0 Å². The fourth-order valence-corrected chi connectivity index (χ4v) is 2.17. The van der Waals surface area contributed by atoms with E-state index in [1.54, 1.807) is 21.3 Å². The molecule has 0 aromatic heterocycles. The number of likely N-dealkylation sites (N-methyl/N-ethyl adjacent to an activating group) is 1. The molecule has 1 heterocycles. The molecule has 1 aromatic carbocycles. The molecule has 22 heavy (non-hydrogen) atoms. The third-order valence-corrected chi connectivity index (χ3v) is 4.49. The van der Waals surface area contributed by atoms with E-state index in [0.717, 1.165) is 30.7 Å². The first-order valence-corrected chi connectivity index (χ1v) is 7.86. The van der Waals surface area contributed by atoms with E-state index in [2.05, 4.69) is 11.9 Å². The topological polar surface area (TPSA) is 41.9 Å². The van der Waals surface area contributed by atoms with Gasteiger partial charge >= 0.3 is 7.48 Å². The molecular formula is C17H27BNO3. The third kappa shape index (κ3) is 4.48. The number of hydrogen-bond donors (Lipinski definition) is 1. The minimum Gasteiger partial charge on any atom is -0.489 e. The highest BCUT2D eigenvalue weighted by Gasteiger charge is 2.35. The van der Waals surface area contributed by atoms with Crippen LogP contribution in [0.4, 0.5) is 0 Å². The molecule has 0 unspecified atom stereocenters. The summed E-state index contributed by atoms with van der Waals surface area (Å²) in [6.07, 6.45) is 1.36. The number of aliphatic hydroxyl groups is 1. The first-order valence-electron chi connectivity index (χ1n) is 7.86. The Morgan fingerprint density at radius 2 is 1.82 bits per heavy atom. The van der Waals surface area contributed by atoms with Crippen LogP contribution in [-0.4, -0.2) is 54.9 Å². The molecule has 0 saturated carbocycles. The van der Waals surface area contributed by atoms with Crippen molar-refractivity contribution in [1.82, 2.24) is 4.90 Å². The van der Waals surface area contributed by atoms with Crippen LogP contribution in [0.2, 0.25) is 0 Å². The van der Waals surface area contributed by atoms with Gasteiger partial charge in [0.2, 0.25) is 0 Å². The lowest BCUT2D eigenvalue weighted by Gasteiger charge is -2.37. The molecule has 1 fully saturated rings. The van der Waals surface area contributed by atoms with Gasteiger partial charge in [0.1, 0.15) is 11.9 Å². The molecule has 2 rings (SSSR count). The van der Waals surface area contributed by atoms with Gasteiger partial charge in [0.25, 0.3) is 0 Å². The standard InChI is InChI=1S/C17H27BNO3/c1-16(2,20)17(3,4)22-18-13-6-8-14(9-7-13)21-15-10-11-19(5)12-15/h6-9,15,20H,10-12H2,1-5H3/t15-/m0/s1. The third-order valence-electron chi connectivity index (χ3n) is 4.49. The minimum absolute atomic E-state index is 0.283. The van der Waals surface area contributed by atoms with Crippen LogP contribution < -0.4 is 10.2 Å². The lowest BCUT2D eigenvalue weighted by molar-refractivity contribution is -0.0893. The van der Waals surface area contributed by atoms with E-state index < -0.39 is 11.2 Å². The van der Waals surface area contributed by atoms with Crippen molar-refractivity contribution in [1.29, 1.82) is 0 Å². The summed E-state index contributed by atoms with van der Waals surface area (Å²) in [6.45, 7) is 9.31. The Kier molecular flexibility index (Phi) is 5.20. The highest BCUT2D eigenvalue weighted by molar-refractivity contribution is 6.47. The molecule has 4 nitrogen and oxygen atoms in total. The second-order valence-electron chi connectivity index (χ2n) is 7.16. The van der Waals surface area contributed by atoms with E-state index in [4.69, 9.17) is 9.39 Å². The highest BCUT2D eigenvalue weighted by atomic mass is 16.5. The molecular weight excluding hydrogens is 277 g/mol. The smallest absolute Gasteiger partial charge is 0.330 e. The minimum atomic E-state index is -0.916. The number of hydrogen-bond acceptors (Lipinski definition) is 4. The van der Waals surface area contributed by atoms with Gasteiger partial charge in [-0.05, 0) is 53.3 Å². The Hall–Kier alpha value is -1.04. The van der Waals surface area contributed by atoms with Gasteiger partial charge in [-0.1, -0.05) is 17.6 Å². The summed E-state index contributed by atoms with van der Waals surface area (Å²) in [4.78, 5) is 2.28. The summed E-state index contributed by atoms with van der Waals surface area (Å²) in [5, 5.41) is 10.1. The van der Waals surface area contributed by atoms with Crippen LogP contribution in [0.1, 0.15) is 34.1 Å². The van der Waals surface area contributed by atoms with Gasteiger partial charge in [0, 0.05) is 13.1 Å². The number of benzene rings is 1. The first-order chi connectivity index (χ1) is 10.2. The molecule has 1 saturated heterocycles. The second kappa shape index (κ2) is 6.61.